The summed E-state index contributed by atoms with van der Waals surface area (Å²) in [6.45, 7) is 2.02. The van der Waals surface area contributed by atoms with Crippen LogP contribution in [0.15, 0.2) is 102 Å². The van der Waals surface area contributed by atoms with Gasteiger partial charge in [-0.25, -0.2) is 0 Å². The van der Waals surface area contributed by atoms with Crippen LogP contribution < -0.4 is 31.1 Å². The van der Waals surface area contributed by atoms with Crippen LogP contribution >= 0.6 is 0 Å². The third kappa shape index (κ3) is 14.1. The number of nitrogens with zero attached hydrogens (tertiary/aromatic N) is 8. The normalized spacial score (nSPS) is 15.1. The van der Waals surface area contributed by atoms with E-state index in [0.29, 0.717) is 12.1 Å². The van der Waals surface area contributed by atoms with Gasteiger partial charge in [0.25, 0.3) is 60.7 Å². The zero-order valence-electron chi connectivity index (χ0n) is 39.2. The number of ether oxygens (including phenoxy) is 2. The van der Waals surface area contributed by atoms with Gasteiger partial charge in [-0.1, -0.05) is 24.3 Å². The van der Waals surface area contributed by atoms with Crippen LogP contribution in [-0.2, 0) is 70.2 Å². The van der Waals surface area contributed by atoms with E-state index in [-0.39, 0.29) is 98.9 Å². The van der Waals surface area contributed by atoms with Gasteiger partial charge in [-0.05, 0) is 71.8 Å². The Morgan fingerprint density at radius 3 is 1.01 bits per heavy atom. The van der Waals surface area contributed by atoms with Gasteiger partial charge < -0.3 is 40.5 Å². The maximum Gasteiger partial charge on any atom is 0.296 e. The van der Waals surface area contributed by atoms with Crippen molar-refractivity contribution < 1.29 is 87.3 Å². The van der Waals surface area contributed by atoms with Crippen LogP contribution in [0, 0.1) is 0 Å². The molecular weight excluding hydrogens is 1160 g/mol. The second-order valence-corrected chi connectivity index (χ2v) is 24.7. The number of benzene rings is 4. The van der Waals surface area contributed by atoms with Gasteiger partial charge in [-0.15, -0.1) is 0 Å². The number of rotatable bonds is 18. The minimum absolute atomic E-state index is 0.0273. The van der Waals surface area contributed by atoms with E-state index in [1.807, 2.05) is 0 Å². The van der Waals surface area contributed by atoms with Crippen molar-refractivity contribution in [3.63, 3.8) is 0 Å². The van der Waals surface area contributed by atoms with Crippen LogP contribution in [0.3, 0.4) is 0 Å². The van der Waals surface area contributed by atoms with Crippen LogP contribution in [0.25, 0.3) is 12.2 Å². The average molecular weight is 1200 g/mol. The number of aromatic nitrogens is 6. The standard InChI is InChI=1S/C40H40N12O20S6/c53-73(54,55)27-7-9-29(33(21-27)77(65,66)67)43-37-45-35(47-39(49-37)51-11-15-71-16-12-51)41-25-5-3-23(31(19-25)75(59,60)61)1-2-24-4-6-26(20-32(24)76(62,63)64)42-36-46-38(50-40(48-36)52-13-17-72-18-14-52)44-30-10-8-28(74(56,57)58)22-34(30)78(68,69)70/h1-10,19-22H,11-18H2,(H,53,54,55)(H,56,57,58)(H,59,60,61)(H,62,63,64)(H,65,66,67)(H,68,69,70)(H2,41,43,45,47,49)(H2,42,44,46,48,50). The molecule has 0 bridgehead atoms. The van der Waals surface area contributed by atoms with Gasteiger partial charge in [0.05, 0.1) is 47.6 Å². The smallest absolute Gasteiger partial charge is 0.296 e. The molecule has 4 aromatic carbocycles. The number of hydrogen-bond acceptors (Lipinski definition) is 26. The highest BCUT2D eigenvalue weighted by atomic mass is 32.2. The highest BCUT2D eigenvalue weighted by molar-refractivity contribution is 7.87. The minimum Gasteiger partial charge on any atom is -0.378 e. The summed E-state index contributed by atoms with van der Waals surface area (Å²) in [5.74, 6) is -1.46. The van der Waals surface area contributed by atoms with Gasteiger partial charge >= 0.3 is 0 Å². The third-order valence-electron chi connectivity index (χ3n) is 10.9. The second-order valence-electron chi connectivity index (χ2n) is 16.3. The summed E-state index contributed by atoms with van der Waals surface area (Å²) in [5.41, 5.74) is -1.51. The number of anilines is 10. The molecule has 78 heavy (non-hydrogen) atoms. The molecule has 38 heteroatoms. The quantitative estimate of drug-likeness (QED) is 0.0436. The van der Waals surface area contributed by atoms with Gasteiger partial charge in [0.15, 0.2) is 0 Å². The van der Waals surface area contributed by atoms with E-state index in [4.69, 9.17) is 9.47 Å². The van der Waals surface area contributed by atoms with Gasteiger partial charge in [0, 0.05) is 37.6 Å². The number of morpholine rings is 2. The summed E-state index contributed by atoms with van der Waals surface area (Å²) in [6.07, 6.45) is 2.18. The second kappa shape index (κ2) is 21.9. The van der Waals surface area contributed by atoms with Crippen LogP contribution in [0.2, 0.25) is 0 Å². The summed E-state index contributed by atoms with van der Waals surface area (Å²) in [6, 6.07) is 11.3. The Bertz CT molecular complexity index is 3830. The lowest BCUT2D eigenvalue weighted by Crippen LogP contribution is -2.37. The maximum atomic E-state index is 12.9. The molecule has 416 valence electrons. The molecule has 0 aliphatic carbocycles. The summed E-state index contributed by atoms with van der Waals surface area (Å²) >= 11 is 0. The molecule has 2 saturated heterocycles. The first-order chi connectivity index (χ1) is 36.4. The van der Waals surface area contributed by atoms with E-state index in [0.717, 1.165) is 48.6 Å². The first kappa shape index (κ1) is 57.0. The molecule has 4 heterocycles. The van der Waals surface area contributed by atoms with Crippen molar-refractivity contribution in [2.24, 2.45) is 0 Å². The van der Waals surface area contributed by atoms with Crippen molar-refractivity contribution in [2.45, 2.75) is 29.4 Å². The van der Waals surface area contributed by atoms with Crippen LogP contribution in [-0.4, -0.2) is 160 Å². The SMILES string of the molecule is O=S(=O)(O)c1ccc(Nc2nc(Nc3ccc(C=Cc4ccc(Nc5nc(Nc6ccc(S(=O)(=O)O)cc6S(=O)(=O)O)nc(N6CCOCC6)n5)cc4S(=O)(=O)O)c(S(=O)(=O)O)c3)nc(N3CCOCC3)n2)c(S(=O)(=O)O)c1. The first-order valence-corrected chi connectivity index (χ1v) is 30.4. The molecule has 0 saturated carbocycles. The lowest BCUT2D eigenvalue weighted by Gasteiger charge is -2.27. The monoisotopic (exact) mass is 1200 g/mol. The molecular formula is C40H40N12O20S6. The van der Waals surface area contributed by atoms with Crippen LogP contribution in [0.1, 0.15) is 11.1 Å². The molecule has 2 fully saturated rings. The van der Waals surface area contributed by atoms with Crippen LogP contribution in [0.5, 0.6) is 0 Å². The summed E-state index contributed by atoms with van der Waals surface area (Å²) < 4.78 is 218. The molecule has 2 aliphatic rings. The molecule has 32 nitrogen and oxygen atoms in total. The molecule has 10 N–H and O–H groups in total. The molecule has 0 amide bonds. The topological polar surface area (TPSA) is 477 Å². The van der Waals surface area contributed by atoms with Crippen molar-refractivity contribution in [3.8, 4) is 0 Å². The van der Waals surface area contributed by atoms with Gasteiger partial charge in [-0.3, -0.25) is 27.3 Å². The Kier molecular flexibility index (Phi) is 16.0. The van der Waals surface area contributed by atoms with E-state index in [1.54, 1.807) is 9.80 Å². The minimum atomic E-state index is -5.15. The fourth-order valence-corrected chi connectivity index (χ4v) is 11.3. The molecule has 0 unspecified atom stereocenters. The number of hydrogen-bond donors (Lipinski definition) is 10. The largest absolute Gasteiger partial charge is 0.378 e. The Hall–Kier alpha value is -7.18. The third-order valence-corrected chi connectivity index (χ3v) is 16.2. The van der Waals surface area contributed by atoms with Crippen LogP contribution in [0.4, 0.5) is 58.4 Å². The Morgan fingerprint density at radius 1 is 0.385 bits per heavy atom. The van der Waals surface area contributed by atoms with Crippen molar-refractivity contribution in [3.05, 3.63) is 83.9 Å². The Morgan fingerprint density at radius 2 is 0.705 bits per heavy atom. The fraction of sp³-hybridized carbons (Fsp3) is 0.200. The predicted octanol–water partition coefficient (Wildman–Crippen LogP) is 2.35. The molecule has 0 spiro atoms. The van der Waals surface area contributed by atoms with Crippen molar-refractivity contribution in [1.82, 2.24) is 29.9 Å². The van der Waals surface area contributed by atoms with E-state index < -0.39 is 113 Å². The molecule has 2 aromatic heterocycles. The highest BCUT2D eigenvalue weighted by Crippen LogP contribution is 2.33. The van der Waals surface area contributed by atoms with E-state index in [1.165, 1.54) is 24.3 Å². The van der Waals surface area contributed by atoms with Crippen molar-refractivity contribution in [2.75, 3.05) is 83.7 Å². The molecule has 2 aliphatic heterocycles. The van der Waals surface area contributed by atoms with E-state index in [9.17, 15) is 77.8 Å². The predicted molar refractivity (Wildman–Crippen MR) is 272 cm³/mol. The average Bonchev–Trinajstić information content (AvgIpc) is 3.45. The zero-order chi connectivity index (χ0) is 56.6. The molecule has 6 aromatic rings. The molecule has 8 rings (SSSR count). The Labute approximate surface area is 443 Å². The lowest BCUT2D eigenvalue weighted by molar-refractivity contribution is 0.122. The first-order valence-electron chi connectivity index (χ1n) is 21.7. The number of nitrogens with one attached hydrogen (secondary N) is 4. The molecule has 0 atom stereocenters. The van der Waals surface area contributed by atoms with E-state index in [2.05, 4.69) is 51.2 Å². The van der Waals surface area contributed by atoms with Gasteiger partial charge in [0.1, 0.15) is 19.6 Å². The van der Waals surface area contributed by atoms with Gasteiger partial charge in [0.2, 0.25) is 35.7 Å². The summed E-state index contributed by atoms with van der Waals surface area (Å²) in [7, 11) is -30.4. The lowest BCUT2D eigenvalue weighted by atomic mass is 10.1. The maximum absolute atomic E-state index is 12.9. The highest BCUT2D eigenvalue weighted by Gasteiger charge is 2.26. The zero-order valence-corrected chi connectivity index (χ0v) is 44.1. The van der Waals surface area contributed by atoms with Crippen molar-refractivity contribution >= 4 is 131 Å². The van der Waals surface area contributed by atoms with Crippen molar-refractivity contribution in [1.29, 1.82) is 0 Å². The summed E-state index contributed by atoms with van der Waals surface area (Å²) in [4.78, 5) is 23.8. The Balaban J connectivity index is 1.10. The summed E-state index contributed by atoms with van der Waals surface area (Å²) in [5, 5.41) is 10.6. The fourth-order valence-electron chi connectivity index (χ4n) is 7.35. The molecule has 0 radical (unpaired) electrons. The van der Waals surface area contributed by atoms with E-state index >= 15 is 0 Å². The van der Waals surface area contributed by atoms with Gasteiger partial charge in [-0.2, -0.15) is 80.4 Å².